The lowest BCUT2D eigenvalue weighted by Gasteiger charge is -2.09. The second-order valence-corrected chi connectivity index (χ2v) is 6.13. The first-order chi connectivity index (χ1) is 11.5. The van der Waals surface area contributed by atoms with Gasteiger partial charge in [-0.15, -0.1) is 11.3 Å². The fourth-order valence-electron chi connectivity index (χ4n) is 2.11. The van der Waals surface area contributed by atoms with Crippen molar-refractivity contribution in [1.82, 2.24) is 4.98 Å². The number of carbonyl (C=O) groups excluding carboxylic acids is 2. The monoisotopic (exact) mass is 357 g/mol. The van der Waals surface area contributed by atoms with Gasteiger partial charge in [0.05, 0.1) is 11.7 Å². The van der Waals surface area contributed by atoms with Gasteiger partial charge in [0.25, 0.3) is 5.91 Å². The first-order valence-corrected chi connectivity index (χ1v) is 8.13. The molecule has 0 fully saturated rings. The summed E-state index contributed by atoms with van der Waals surface area (Å²) < 4.78 is 0. The highest BCUT2D eigenvalue weighted by Crippen LogP contribution is 2.26. The van der Waals surface area contributed by atoms with Crippen LogP contribution in [0.4, 0.5) is 5.13 Å². The van der Waals surface area contributed by atoms with E-state index < -0.39 is 11.9 Å². The van der Waals surface area contributed by atoms with Gasteiger partial charge in [-0.3, -0.25) is 10.1 Å². The van der Waals surface area contributed by atoms with Crippen molar-refractivity contribution in [2.75, 3.05) is 5.32 Å². The van der Waals surface area contributed by atoms with Crippen molar-refractivity contribution in [1.29, 1.82) is 0 Å². The van der Waals surface area contributed by atoms with Gasteiger partial charge in [-0.05, 0) is 18.2 Å². The Labute approximate surface area is 146 Å². The van der Waals surface area contributed by atoms with Crippen LogP contribution < -0.4 is 10.4 Å². The number of nitrogens with zero attached hydrogens (tertiary/aromatic N) is 1. The summed E-state index contributed by atoms with van der Waals surface area (Å²) in [7, 11) is 0. The second-order valence-electron chi connectivity index (χ2n) is 4.83. The number of carboxylic acids is 1. The summed E-state index contributed by atoms with van der Waals surface area (Å²) in [5.74, 6) is -1.95. The molecule has 1 N–H and O–H groups in total. The van der Waals surface area contributed by atoms with E-state index in [2.05, 4.69) is 10.3 Å². The number of halogens is 1. The first-order valence-electron chi connectivity index (χ1n) is 6.88. The number of nitrogens with one attached hydrogen (secondary N) is 1. The van der Waals surface area contributed by atoms with Gasteiger partial charge in [0.2, 0.25) is 0 Å². The van der Waals surface area contributed by atoms with Crippen molar-refractivity contribution in [2.45, 2.75) is 0 Å². The fourth-order valence-corrected chi connectivity index (χ4v) is 2.95. The Morgan fingerprint density at radius 2 is 1.71 bits per heavy atom. The molecule has 0 saturated carbocycles. The van der Waals surface area contributed by atoms with Crippen molar-refractivity contribution >= 4 is 39.9 Å². The van der Waals surface area contributed by atoms with E-state index in [1.54, 1.807) is 23.6 Å². The maximum absolute atomic E-state index is 12.3. The van der Waals surface area contributed by atoms with Crippen LogP contribution in [0, 0.1) is 0 Å². The van der Waals surface area contributed by atoms with Crippen molar-refractivity contribution in [3.63, 3.8) is 0 Å². The summed E-state index contributed by atoms with van der Waals surface area (Å²) in [5.41, 5.74) is 1.43. The van der Waals surface area contributed by atoms with Crippen molar-refractivity contribution < 1.29 is 14.7 Å². The molecular formula is C17H10ClN2O3S-. The molecule has 5 nitrogen and oxygen atoms in total. The van der Waals surface area contributed by atoms with Gasteiger partial charge in [-0.2, -0.15) is 0 Å². The molecule has 0 radical (unpaired) electrons. The van der Waals surface area contributed by atoms with Gasteiger partial charge in [-0.1, -0.05) is 41.9 Å². The Kier molecular flexibility index (Phi) is 4.59. The number of hydrogen-bond acceptors (Lipinski definition) is 5. The van der Waals surface area contributed by atoms with Crippen LogP contribution in [0.15, 0.2) is 53.9 Å². The molecule has 0 saturated heterocycles. The minimum absolute atomic E-state index is 0.0285. The van der Waals surface area contributed by atoms with Crippen molar-refractivity contribution in [2.24, 2.45) is 0 Å². The maximum atomic E-state index is 12.3. The molecule has 2 aromatic carbocycles. The molecule has 3 aromatic rings. The predicted molar refractivity (Wildman–Crippen MR) is 91.3 cm³/mol. The Balaban J connectivity index is 1.81. The van der Waals surface area contributed by atoms with Gasteiger partial charge < -0.3 is 9.90 Å². The van der Waals surface area contributed by atoms with E-state index in [4.69, 9.17) is 11.6 Å². The topological polar surface area (TPSA) is 82.1 Å². The molecular weight excluding hydrogens is 348 g/mol. The molecule has 1 heterocycles. The van der Waals surface area contributed by atoms with Crippen LogP contribution in [0.2, 0.25) is 5.02 Å². The molecule has 1 amide bonds. The average Bonchev–Trinajstić information content (AvgIpc) is 3.04. The minimum atomic E-state index is -1.40. The molecule has 1 aromatic heterocycles. The molecule has 3 rings (SSSR count). The fraction of sp³-hybridized carbons (Fsp3) is 0. The second kappa shape index (κ2) is 6.82. The average molecular weight is 358 g/mol. The number of aromatic carboxylic acids is 1. The third kappa shape index (κ3) is 3.45. The summed E-state index contributed by atoms with van der Waals surface area (Å²) in [5, 5.41) is 16.5. The molecule has 24 heavy (non-hydrogen) atoms. The highest BCUT2D eigenvalue weighted by molar-refractivity contribution is 7.14. The molecule has 0 atom stereocenters. The van der Waals surface area contributed by atoms with E-state index in [9.17, 15) is 14.7 Å². The number of carboxylic acid groups (broad SMARTS) is 1. The van der Waals surface area contributed by atoms with Gasteiger partial charge in [0.15, 0.2) is 5.13 Å². The Morgan fingerprint density at radius 3 is 2.38 bits per heavy atom. The number of carbonyl (C=O) groups is 2. The number of benzene rings is 2. The number of thiazole rings is 1. The van der Waals surface area contributed by atoms with E-state index in [1.165, 1.54) is 29.5 Å². The number of amides is 1. The van der Waals surface area contributed by atoms with Crippen LogP contribution in [-0.2, 0) is 0 Å². The summed E-state index contributed by atoms with van der Waals surface area (Å²) in [6.45, 7) is 0. The van der Waals surface area contributed by atoms with Crippen molar-refractivity contribution in [3.8, 4) is 11.3 Å². The maximum Gasteiger partial charge on any atom is 0.258 e. The Bertz CT molecular complexity index is 906. The highest BCUT2D eigenvalue weighted by Gasteiger charge is 2.14. The van der Waals surface area contributed by atoms with Crippen LogP contribution in [0.5, 0.6) is 0 Å². The highest BCUT2D eigenvalue weighted by atomic mass is 35.5. The molecule has 0 spiro atoms. The van der Waals surface area contributed by atoms with Gasteiger partial charge in [-0.25, -0.2) is 4.98 Å². The summed E-state index contributed by atoms with van der Waals surface area (Å²) in [6.07, 6.45) is 0. The van der Waals surface area contributed by atoms with Gasteiger partial charge in [0, 0.05) is 27.1 Å². The molecule has 0 aliphatic carbocycles. The zero-order valence-electron chi connectivity index (χ0n) is 12.2. The van der Waals surface area contributed by atoms with E-state index in [1.807, 2.05) is 12.1 Å². The molecule has 120 valence electrons. The number of aromatic nitrogens is 1. The summed E-state index contributed by atoms with van der Waals surface area (Å²) >= 11 is 7.10. The zero-order valence-corrected chi connectivity index (χ0v) is 13.7. The lowest BCUT2D eigenvalue weighted by Crippen LogP contribution is -2.26. The normalized spacial score (nSPS) is 10.4. The van der Waals surface area contributed by atoms with E-state index in [0.29, 0.717) is 15.8 Å². The van der Waals surface area contributed by atoms with E-state index in [-0.39, 0.29) is 11.1 Å². The first kappa shape index (κ1) is 16.2. The van der Waals surface area contributed by atoms with E-state index in [0.717, 1.165) is 5.56 Å². The number of anilines is 1. The Morgan fingerprint density at radius 1 is 1.04 bits per heavy atom. The quantitative estimate of drug-likeness (QED) is 0.777. The summed E-state index contributed by atoms with van der Waals surface area (Å²) in [4.78, 5) is 27.7. The lowest BCUT2D eigenvalue weighted by atomic mass is 10.1. The summed E-state index contributed by atoms with van der Waals surface area (Å²) in [6, 6.07) is 13.0. The molecule has 0 aliphatic rings. The minimum Gasteiger partial charge on any atom is -0.545 e. The van der Waals surface area contributed by atoms with Crippen LogP contribution in [0.1, 0.15) is 20.7 Å². The predicted octanol–water partition coefficient (Wildman–Crippen LogP) is 3.08. The third-order valence-electron chi connectivity index (χ3n) is 3.26. The van der Waals surface area contributed by atoms with Crippen LogP contribution in [0.25, 0.3) is 11.3 Å². The van der Waals surface area contributed by atoms with E-state index >= 15 is 0 Å². The standard InChI is InChI=1S/C17H11ClN2O3S/c18-11-7-5-10(6-8-11)14-9-24-17(19-14)20-15(21)12-3-1-2-4-13(12)16(22)23/h1-9H,(H,22,23)(H,19,20,21)/p-1. The smallest absolute Gasteiger partial charge is 0.258 e. The third-order valence-corrected chi connectivity index (χ3v) is 4.27. The number of rotatable bonds is 4. The largest absolute Gasteiger partial charge is 0.545 e. The SMILES string of the molecule is O=C([O-])c1ccccc1C(=O)Nc1nc(-c2ccc(Cl)cc2)cs1. The van der Waals surface area contributed by atoms with Gasteiger partial charge in [0.1, 0.15) is 0 Å². The van der Waals surface area contributed by atoms with Crippen LogP contribution in [-0.4, -0.2) is 16.9 Å². The molecule has 0 unspecified atom stereocenters. The van der Waals surface area contributed by atoms with Gasteiger partial charge >= 0.3 is 0 Å². The molecule has 0 aliphatic heterocycles. The lowest BCUT2D eigenvalue weighted by molar-refractivity contribution is -0.255. The number of hydrogen-bond donors (Lipinski definition) is 1. The van der Waals surface area contributed by atoms with Crippen LogP contribution >= 0.6 is 22.9 Å². The molecule has 7 heteroatoms. The Hall–Kier alpha value is -2.70. The zero-order chi connectivity index (χ0) is 17.1. The molecule has 0 bridgehead atoms. The van der Waals surface area contributed by atoms with Crippen LogP contribution in [0.3, 0.4) is 0 Å². The van der Waals surface area contributed by atoms with Crippen molar-refractivity contribution in [3.05, 3.63) is 70.1 Å².